The standard InChI is InChI=1S/C20H20BrN3O3/c1-2-3-12-24(20(25)26-14-15-8-5-4-6-9-15)19-23-22-18(27-19)16-10-7-11-17(21)13-16/h4-11,13H,2-3,12,14H2,1H3. The summed E-state index contributed by atoms with van der Waals surface area (Å²) in [5.41, 5.74) is 1.69. The van der Waals surface area contributed by atoms with Crippen LogP contribution in [0.15, 0.2) is 63.5 Å². The molecule has 0 saturated carbocycles. The molecular weight excluding hydrogens is 410 g/mol. The Hall–Kier alpha value is -2.67. The Kier molecular flexibility index (Phi) is 6.59. The van der Waals surface area contributed by atoms with Gasteiger partial charge in [-0.25, -0.2) is 9.69 Å². The van der Waals surface area contributed by atoms with Crippen LogP contribution in [0.1, 0.15) is 25.3 Å². The van der Waals surface area contributed by atoms with E-state index in [1.165, 1.54) is 4.90 Å². The molecule has 0 spiro atoms. The summed E-state index contributed by atoms with van der Waals surface area (Å²) in [6, 6.07) is 17.2. The van der Waals surface area contributed by atoms with Gasteiger partial charge in [0.25, 0.3) is 0 Å². The van der Waals surface area contributed by atoms with Gasteiger partial charge in [-0.2, -0.15) is 0 Å². The Labute approximate surface area is 166 Å². The fourth-order valence-electron chi connectivity index (χ4n) is 2.44. The third kappa shape index (κ3) is 5.17. The number of unbranched alkanes of at least 4 members (excludes halogenated alkanes) is 1. The molecular formula is C20H20BrN3O3. The van der Waals surface area contributed by atoms with Crippen molar-refractivity contribution < 1.29 is 13.9 Å². The van der Waals surface area contributed by atoms with Crippen LogP contribution in [0.4, 0.5) is 10.8 Å². The zero-order chi connectivity index (χ0) is 19.1. The Morgan fingerprint density at radius 1 is 1.15 bits per heavy atom. The lowest BCUT2D eigenvalue weighted by Gasteiger charge is -2.17. The van der Waals surface area contributed by atoms with Gasteiger partial charge < -0.3 is 9.15 Å². The van der Waals surface area contributed by atoms with E-state index in [0.717, 1.165) is 28.4 Å². The fraction of sp³-hybridized carbons (Fsp3) is 0.250. The van der Waals surface area contributed by atoms with Crippen LogP contribution in [-0.2, 0) is 11.3 Å². The SMILES string of the molecule is CCCCN(C(=O)OCc1ccccc1)c1nnc(-c2cccc(Br)c2)o1. The largest absolute Gasteiger partial charge is 0.444 e. The predicted octanol–water partition coefficient (Wildman–Crippen LogP) is 5.44. The van der Waals surface area contributed by atoms with Gasteiger partial charge in [0.1, 0.15) is 6.61 Å². The molecule has 140 valence electrons. The van der Waals surface area contributed by atoms with Gasteiger partial charge in [-0.3, -0.25) is 0 Å². The van der Waals surface area contributed by atoms with Crippen LogP contribution in [0.2, 0.25) is 0 Å². The second-order valence-corrected chi connectivity index (χ2v) is 6.86. The van der Waals surface area contributed by atoms with E-state index >= 15 is 0 Å². The number of rotatable bonds is 7. The van der Waals surface area contributed by atoms with E-state index in [-0.39, 0.29) is 12.6 Å². The molecule has 0 radical (unpaired) electrons. The Morgan fingerprint density at radius 3 is 2.70 bits per heavy atom. The van der Waals surface area contributed by atoms with Crippen molar-refractivity contribution in [3.63, 3.8) is 0 Å². The van der Waals surface area contributed by atoms with Crippen molar-refractivity contribution in [3.05, 3.63) is 64.6 Å². The van der Waals surface area contributed by atoms with Gasteiger partial charge in [0.2, 0.25) is 5.89 Å². The summed E-state index contributed by atoms with van der Waals surface area (Å²) >= 11 is 3.42. The molecule has 3 rings (SSSR count). The highest BCUT2D eigenvalue weighted by molar-refractivity contribution is 9.10. The second-order valence-electron chi connectivity index (χ2n) is 5.95. The summed E-state index contributed by atoms with van der Waals surface area (Å²) in [6.45, 7) is 2.69. The summed E-state index contributed by atoms with van der Waals surface area (Å²) < 4.78 is 12.1. The number of hydrogen-bond acceptors (Lipinski definition) is 5. The average molecular weight is 430 g/mol. The quantitative estimate of drug-likeness (QED) is 0.499. The fourth-order valence-corrected chi connectivity index (χ4v) is 2.84. The molecule has 6 nitrogen and oxygen atoms in total. The van der Waals surface area contributed by atoms with Crippen molar-refractivity contribution in [2.24, 2.45) is 0 Å². The average Bonchev–Trinajstić information content (AvgIpc) is 3.17. The Morgan fingerprint density at radius 2 is 1.96 bits per heavy atom. The van der Waals surface area contributed by atoms with Gasteiger partial charge in [-0.1, -0.05) is 70.8 Å². The predicted molar refractivity (Wildman–Crippen MR) is 106 cm³/mol. The smallest absolute Gasteiger partial charge is 0.418 e. The number of carbonyl (C=O) groups is 1. The van der Waals surface area contributed by atoms with Crippen molar-refractivity contribution in [1.29, 1.82) is 0 Å². The lowest BCUT2D eigenvalue weighted by molar-refractivity contribution is 0.145. The van der Waals surface area contributed by atoms with Gasteiger partial charge in [0, 0.05) is 16.6 Å². The molecule has 1 amide bonds. The molecule has 0 unspecified atom stereocenters. The first-order valence-corrected chi connectivity index (χ1v) is 9.54. The Bertz CT molecular complexity index is 883. The van der Waals surface area contributed by atoms with Gasteiger partial charge >= 0.3 is 12.1 Å². The molecule has 7 heteroatoms. The second kappa shape index (κ2) is 9.32. The molecule has 0 atom stereocenters. The monoisotopic (exact) mass is 429 g/mol. The topological polar surface area (TPSA) is 68.5 Å². The highest BCUT2D eigenvalue weighted by Gasteiger charge is 2.23. The summed E-state index contributed by atoms with van der Waals surface area (Å²) in [5.74, 6) is 0.351. The van der Waals surface area contributed by atoms with Crippen molar-refractivity contribution in [3.8, 4) is 11.5 Å². The highest BCUT2D eigenvalue weighted by Crippen LogP contribution is 2.25. The molecule has 27 heavy (non-hydrogen) atoms. The number of anilines is 1. The van der Waals surface area contributed by atoms with Crippen LogP contribution < -0.4 is 4.90 Å². The van der Waals surface area contributed by atoms with E-state index in [1.807, 2.05) is 61.5 Å². The molecule has 0 saturated heterocycles. The maximum atomic E-state index is 12.6. The molecule has 3 aromatic rings. The van der Waals surface area contributed by atoms with Crippen LogP contribution in [0, 0.1) is 0 Å². The first-order valence-electron chi connectivity index (χ1n) is 8.75. The minimum atomic E-state index is -0.503. The molecule has 1 heterocycles. The number of ether oxygens (including phenoxy) is 1. The third-order valence-electron chi connectivity index (χ3n) is 3.88. The van der Waals surface area contributed by atoms with E-state index in [2.05, 4.69) is 26.1 Å². The molecule has 0 aliphatic rings. The van der Waals surface area contributed by atoms with Gasteiger partial charge in [0.15, 0.2) is 0 Å². The number of hydrogen-bond donors (Lipinski definition) is 0. The summed E-state index contributed by atoms with van der Waals surface area (Å²) in [7, 11) is 0. The maximum absolute atomic E-state index is 12.6. The molecule has 0 N–H and O–H groups in total. The van der Waals surface area contributed by atoms with Gasteiger partial charge in [-0.05, 0) is 30.2 Å². The number of amides is 1. The lowest BCUT2D eigenvalue weighted by Crippen LogP contribution is -2.32. The van der Waals surface area contributed by atoms with Gasteiger partial charge in [0.05, 0.1) is 0 Å². The number of nitrogens with zero attached hydrogens (tertiary/aromatic N) is 3. The third-order valence-corrected chi connectivity index (χ3v) is 4.37. The number of carbonyl (C=O) groups excluding carboxylic acids is 1. The van der Waals surface area contributed by atoms with Crippen LogP contribution >= 0.6 is 15.9 Å². The lowest BCUT2D eigenvalue weighted by atomic mass is 10.2. The van der Waals surface area contributed by atoms with E-state index in [0.29, 0.717) is 12.4 Å². The zero-order valence-electron chi connectivity index (χ0n) is 15.0. The van der Waals surface area contributed by atoms with Crippen LogP contribution in [0.5, 0.6) is 0 Å². The van der Waals surface area contributed by atoms with Crippen molar-refractivity contribution >= 4 is 28.0 Å². The minimum absolute atomic E-state index is 0.136. The van der Waals surface area contributed by atoms with Crippen LogP contribution in [0.25, 0.3) is 11.5 Å². The van der Waals surface area contributed by atoms with E-state index in [1.54, 1.807) is 0 Å². The van der Waals surface area contributed by atoms with Crippen LogP contribution in [-0.4, -0.2) is 22.8 Å². The normalized spacial score (nSPS) is 10.6. The molecule has 0 fully saturated rings. The zero-order valence-corrected chi connectivity index (χ0v) is 16.6. The molecule has 0 aliphatic carbocycles. The van der Waals surface area contributed by atoms with Crippen molar-refractivity contribution in [2.45, 2.75) is 26.4 Å². The summed E-state index contributed by atoms with van der Waals surface area (Å²) in [6.07, 6.45) is 1.22. The molecule has 1 aromatic heterocycles. The summed E-state index contributed by atoms with van der Waals surface area (Å²) in [4.78, 5) is 14.0. The van der Waals surface area contributed by atoms with E-state index < -0.39 is 6.09 Å². The first kappa shape index (κ1) is 19.1. The summed E-state index contributed by atoms with van der Waals surface area (Å²) in [5, 5.41) is 8.11. The van der Waals surface area contributed by atoms with E-state index in [9.17, 15) is 4.79 Å². The molecule has 0 aliphatic heterocycles. The maximum Gasteiger partial charge on any atom is 0.418 e. The molecule has 0 bridgehead atoms. The van der Waals surface area contributed by atoms with Crippen LogP contribution in [0.3, 0.4) is 0 Å². The minimum Gasteiger partial charge on any atom is -0.444 e. The van der Waals surface area contributed by atoms with E-state index in [4.69, 9.17) is 9.15 Å². The Balaban J connectivity index is 1.75. The highest BCUT2D eigenvalue weighted by atomic mass is 79.9. The number of aromatic nitrogens is 2. The van der Waals surface area contributed by atoms with Crippen molar-refractivity contribution in [2.75, 3.05) is 11.4 Å². The first-order chi connectivity index (χ1) is 13.2. The molecule has 2 aromatic carbocycles. The number of benzene rings is 2. The van der Waals surface area contributed by atoms with Crippen molar-refractivity contribution in [1.82, 2.24) is 10.2 Å². The van der Waals surface area contributed by atoms with Gasteiger partial charge in [-0.15, -0.1) is 5.10 Å². The number of halogens is 1.